The van der Waals surface area contributed by atoms with Crippen molar-refractivity contribution in [3.8, 4) is 0 Å². The van der Waals surface area contributed by atoms with Crippen molar-refractivity contribution in [2.45, 2.75) is 52.2 Å². The van der Waals surface area contributed by atoms with Crippen molar-refractivity contribution in [2.75, 3.05) is 13.7 Å². The quantitative estimate of drug-likeness (QED) is 0.842. The SMILES string of the molecule is CCc1cc(CC(COC(C)(C)C)NC)n(C)n1. The first kappa shape index (κ1) is 15.2. The van der Waals surface area contributed by atoms with E-state index >= 15 is 0 Å². The molecule has 4 heteroatoms. The molecule has 0 saturated heterocycles. The number of nitrogens with one attached hydrogen (secondary N) is 1. The van der Waals surface area contributed by atoms with Gasteiger partial charge in [-0.15, -0.1) is 0 Å². The number of nitrogens with zero attached hydrogens (tertiary/aromatic N) is 2. The van der Waals surface area contributed by atoms with Crippen LogP contribution in [0.3, 0.4) is 0 Å². The zero-order chi connectivity index (χ0) is 13.8. The lowest BCUT2D eigenvalue weighted by Crippen LogP contribution is -2.36. The van der Waals surface area contributed by atoms with Crippen LogP contribution >= 0.6 is 0 Å². The molecule has 1 unspecified atom stereocenters. The highest BCUT2D eigenvalue weighted by molar-refractivity contribution is 5.11. The van der Waals surface area contributed by atoms with Gasteiger partial charge in [-0.05, 0) is 40.3 Å². The van der Waals surface area contributed by atoms with Crippen molar-refractivity contribution in [1.82, 2.24) is 15.1 Å². The molecule has 4 nitrogen and oxygen atoms in total. The van der Waals surface area contributed by atoms with Crippen LogP contribution < -0.4 is 5.32 Å². The summed E-state index contributed by atoms with van der Waals surface area (Å²) in [4.78, 5) is 0. The van der Waals surface area contributed by atoms with E-state index in [2.05, 4.69) is 44.2 Å². The van der Waals surface area contributed by atoms with Crippen molar-refractivity contribution in [3.63, 3.8) is 0 Å². The zero-order valence-electron chi connectivity index (χ0n) is 12.6. The Balaban J connectivity index is 2.59. The third kappa shape index (κ3) is 4.78. The van der Waals surface area contributed by atoms with Crippen LogP contribution in [0.4, 0.5) is 0 Å². The molecule has 18 heavy (non-hydrogen) atoms. The molecule has 0 radical (unpaired) electrons. The van der Waals surface area contributed by atoms with Gasteiger partial charge in [-0.25, -0.2) is 0 Å². The number of ether oxygens (including phenoxy) is 1. The van der Waals surface area contributed by atoms with Crippen molar-refractivity contribution < 1.29 is 4.74 Å². The standard InChI is InChI=1S/C14H27N3O/c1-7-11-8-13(17(6)16-11)9-12(15-5)10-18-14(2,3)4/h8,12,15H,7,9-10H2,1-6H3. The average molecular weight is 253 g/mol. The Kier molecular flexibility index (Phi) is 5.35. The molecule has 1 heterocycles. The van der Waals surface area contributed by atoms with E-state index in [9.17, 15) is 0 Å². The fourth-order valence-corrected chi connectivity index (χ4v) is 1.78. The molecular weight excluding hydrogens is 226 g/mol. The maximum Gasteiger partial charge on any atom is 0.0630 e. The van der Waals surface area contributed by atoms with Gasteiger partial charge in [-0.2, -0.15) is 5.10 Å². The predicted octanol–water partition coefficient (Wildman–Crippen LogP) is 1.93. The molecule has 0 amide bonds. The maximum atomic E-state index is 5.84. The second-order valence-corrected chi connectivity index (χ2v) is 5.72. The van der Waals surface area contributed by atoms with Crippen LogP contribution in [0.5, 0.6) is 0 Å². The number of aromatic nitrogens is 2. The van der Waals surface area contributed by atoms with Crippen molar-refractivity contribution >= 4 is 0 Å². The highest BCUT2D eigenvalue weighted by Gasteiger charge is 2.16. The van der Waals surface area contributed by atoms with Crippen LogP contribution in [0.2, 0.25) is 0 Å². The highest BCUT2D eigenvalue weighted by atomic mass is 16.5. The first-order chi connectivity index (χ1) is 8.35. The lowest BCUT2D eigenvalue weighted by molar-refractivity contribution is -0.0136. The van der Waals surface area contributed by atoms with Crippen LogP contribution in [0.15, 0.2) is 6.07 Å². The topological polar surface area (TPSA) is 39.1 Å². The number of hydrogen-bond acceptors (Lipinski definition) is 3. The largest absolute Gasteiger partial charge is 0.374 e. The Labute approximate surface area is 111 Å². The lowest BCUT2D eigenvalue weighted by atomic mass is 10.1. The van der Waals surface area contributed by atoms with Gasteiger partial charge >= 0.3 is 0 Å². The number of rotatable bonds is 6. The van der Waals surface area contributed by atoms with Gasteiger partial charge in [0.15, 0.2) is 0 Å². The molecule has 1 atom stereocenters. The van der Waals surface area contributed by atoms with E-state index in [1.807, 2.05) is 18.8 Å². The van der Waals surface area contributed by atoms with Crippen LogP contribution in [0, 0.1) is 0 Å². The number of likely N-dealkylation sites (N-methyl/N-ethyl adjacent to an activating group) is 1. The molecule has 0 spiro atoms. The molecule has 0 fully saturated rings. The summed E-state index contributed by atoms with van der Waals surface area (Å²) in [5.74, 6) is 0. The van der Waals surface area contributed by atoms with Crippen molar-refractivity contribution in [3.05, 3.63) is 17.5 Å². The van der Waals surface area contributed by atoms with Gasteiger partial charge in [0.2, 0.25) is 0 Å². The van der Waals surface area contributed by atoms with E-state index in [4.69, 9.17) is 4.74 Å². The van der Waals surface area contributed by atoms with Crippen LogP contribution in [-0.2, 0) is 24.6 Å². The third-order valence-corrected chi connectivity index (χ3v) is 2.97. The average Bonchev–Trinajstić information content (AvgIpc) is 2.64. The Hall–Kier alpha value is -0.870. The number of hydrogen-bond donors (Lipinski definition) is 1. The molecule has 1 aromatic heterocycles. The molecule has 1 rings (SSSR count). The van der Waals surface area contributed by atoms with E-state index in [0.717, 1.165) is 18.5 Å². The molecule has 104 valence electrons. The van der Waals surface area contributed by atoms with Gasteiger partial charge in [0.1, 0.15) is 0 Å². The summed E-state index contributed by atoms with van der Waals surface area (Å²) in [6, 6.07) is 2.51. The van der Waals surface area contributed by atoms with Crippen molar-refractivity contribution in [2.24, 2.45) is 7.05 Å². The van der Waals surface area contributed by atoms with Crippen molar-refractivity contribution in [1.29, 1.82) is 0 Å². The lowest BCUT2D eigenvalue weighted by Gasteiger charge is -2.24. The van der Waals surface area contributed by atoms with Crippen LogP contribution in [-0.4, -0.2) is 35.1 Å². The highest BCUT2D eigenvalue weighted by Crippen LogP contribution is 2.11. The summed E-state index contributed by atoms with van der Waals surface area (Å²) >= 11 is 0. The molecule has 1 N–H and O–H groups in total. The predicted molar refractivity (Wildman–Crippen MR) is 74.8 cm³/mol. The van der Waals surface area contributed by atoms with E-state index in [1.54, 1.807) is 0 Å². The Morgan fingerprint density at radius 3 is 2.56 bits per heavy atom. The zero-order valence-corrected chi connectivity index (χ0v) is 12.6. The monoisotopic (exact) mass is 253 g/mol. The third-order valence-electron chi connectivity index (χ3n) is 2.97. The Morgan fingerprint density at radius 2 is 2.11 bits per heavy atom. The first-order valence-electron chi connectivity index (χ1n) is 6.68. The first-order valence-corrected chi connectivity index (χ1v) is 6.68. The van der Waals surface area contributed by atoms with Gasteiger partial charge in [0, 0.05) is 25.2 Å². The number of aryl methyl sites for hydroxylation is 2. The summed E-state index contributed by atoms with van der Waals surface area (Å²) in [5.41, 5.74) is 2.32. The van der Waals surface area contributed by atoms with Gasteiger partial charge in [0.05, 0.1) is 17.9 Å². The maximum absolute atomic E-state index is 5.84. The molecule has 0 saturated carbocycles. The minimum Gasteiger partial charge on any atom is -0.374 e. The minimum absolute atomic E-state index is 0.0872. The molecule has 0 aromatic carbocycles. The summed E-state index contributed by atoms with van der Waals surface area (Å²) in [6.45, 7) is 9.09. The van der Waals surface area contributed by atoms with Crippen LogP contribution in [0.25, 0.3) is 0 Å². The van der Waals surface area contributed by atoms with Crippen LogP contribution in [0.1, 0.15) is 39.1 Å². The molecule has 0 bridgehead atoms. The summed E-state index contributed by atoms with van der Waals surface area (Å²) in [7, 11) is 3.99. The van der Waals surface area contributed by atoms with Gasteiger partial charge in [-0.1, -0.05) is 6.92 Å². The van der Waals surface area contributed by atoms with E-state index in [1.165, 1.54) is 5.69 Å². The summed E-state index contributed by atoms with van der Waals surface area (Å²) < 4.78 is 7.81. The second kappa shape index (κ2) is 6.34. The second-order valence-electron chi connectivity index (χ2n) is 5.72. The smallest absolute Gasteiger partial charge is 0.0630 e. The van der Waals surface area contributed by atoms with Gasteiger partial charge in [0.25, 0.3) is 0 Å². The minimum atomic E-state index is -0.0872. The Bertz CT molecular complexity index is 366. The van der Waals surface area contributed by atoms with Gasteiger partial charge in [-0.3, -0.25) is 4.68 Å². The van der Waals surface area contributed by atoms with E-state index in [0.29, 0.717) is 12.6 Å². The summed E-state index contributed by atoms with van der Waals surface area (Å²) in [6.07, 6.45) is 1.92. The Morgan fingerprint density at radius 1 is 1.44 bits per heavy atom. The van der Waals surface area contributed by atoms with Gasteiger partial charge < -0.3 is 10.1 Å². The molecule has 0 aliphatic carbocycles. The van der Waals surface area contributed by atoms with E-state index < -0.39 is 0 Å². The molecule has 1 aromatic rings. The normalized spacial score (nSPS) is 13.9. The molecular formula is C14H27N3O. The summed E-state index contributed by atoms with van der Waals surface area (Å²) in [5, 5.41) is 7.78. The fraction of sp³-hybridized carbons (Fsp3) is 0.786. The fourth-order valence-electron chi connectivity index (χ4n) is 1.78. The van der Waals surface area contributed by atoms with E-state index in [-0.39, 0.29) is 5.60 Å². The molecule has 0 aliphatic rings. The molecule has 0 aliphatic heterocycles.